The fourth-order valence-corrected chi connectivity index (χ4v) is 3.33. The van der Waals surface area contributed by atoms with Crippen molar-refractivity contribution in [2.45, 2.75) is 0 Å². The van der Waals surface area contributed by atoms with E-state index in [1.165, 1.54) is 0 Å². The number of halogens is 1. The van der Waals surface area contributed by atoms with Gasteiger partial charge in [0, 0.05) is 11.2 Å². The number of hydrogen-bond acceptors (Lipinski definition) is 4. The molecule has 4 nitrogen and oxygen atoms in total. The summed E-state index contributed by atoms with van der Waals surface area (Å²) in [6.45, 7) is 0. The first-order chi connectivity index (χ1) is 14.2. The summed E-state index contributed by atoms with van der Waals surface area (Å²) in [6, 6.07) is 24.5. The second-order valence-electron chi connectivity index (χ2n) is 6.70. The smallest absolute Gasteiger partial charge is 0.231 e. The SMILES string of the molecule is Oc1cc2ccccc2cc1-c1nc2cc(N=Cc3ccc(Cl)cc3)ccc2o1. The monoisotopic (exact) mass is 398 g/mol. The Labute approximate surface area is 171 Å². The maximum Gasteiger partial charge on any atom is 0.231 e. The second kappa shape index (κ2) is 7.08. The van der Waals surface area contributed by atoms with Crippen LogP contribution in [0.1, 0.15) is 5.56 Å². The summed E-state index contributed by atoms with van der Waals surface area (Å²) >= 11 is 5.91. The summed E-state index contributed by atoms with van der Waals surface area (Å²) in [4.78, 5) is 9.06. The Morgan fingerprint density at radius 1 is 0.897 bits per heavy atom. The highest BCUT2D eigenvalue weighted by atomic mass is 35.5. The summed E-state index contributed by atoms with van der Waals surface area (Å²) in [6.07, 6.45) is 1.77. The van der Waals surface area contributed by atoms with Crippen LogP contribution in [-0.2, 0) is 0 Å². The average molecular weight is 399 g/mol. The summed E-state index contributed by atoms with van der Waals surface area (Å²) in [7, 11) is 0. The van der Waals surface area contributed by atoms with Gasteiger partial charge in [0.25, 0.3) is 0 Å². The molecule has 0 aliphatic carbocycles. The van der Waals surface area contributed by atoms with Crippen molar-refractivity contribution in [1.29, 1.82) is 0 Å². The summed E-state index contributed by atoms with van der Waals surface area (Å²) in [5.74, 6) is 0.512. The number of benzene rings is 4. The molecule has 140 valence electrons. The van der Waals surface area contributed by atoms with E-state index < -0.39 is 0 Å². The number of fused-ring (bicyclic) bond motifs is 2. The van der Waals surface area contributed by atoms with Gasteiger partial charge in [-0.05, 0) is 58.8 Å². The Hall–Kier alpha value is -3.63. The van der Waals surface area contributed by atoms with Crippen molar-refractivity contribution >= 4 is 45.4 Å². The zero-order chi connectivity index (χ0) is 19.8. The number of aromatic hydroxyl groups is 1. The molecule has 0 unspecified atom stereocenters. The second-order valence-corrected chi connectivity index (χ2v) is 7.13. The van der Waals surface area contributed by atoms with Crippen LogP contribution >= 0.6 is 11.6 Å². The van der Waals surface area contributed by atoms with Gasteiger partial charge in [-0.1, -0.05) is 48.0 Å². The Morgan fingerprint density at radius 2 is 1.66 bits per heavy atom. The lowest BCUT2D eigenvalue weighted by Gasteiger charge is -2.03. The van der Waals surface area contributed by atoms with Gasteiger partial charge < -0.3 is 9.52 Å². The van der Waals surface area contributed by atoms with E-state index in [0.29, 0.717) is 27.6 Å². The molecule has 0 radical (unpaired) electrons. The van der Waals surface area contributed by atoms with Gasteiger partial charge in [0.15, 0.2) is 5.58 Å². The Bertz CT molecular complexity index is 1370. The minimum atomic E-state index is 0.135. The third-order valence-corrected chi connectivity index (χ3v) is 4.95. The summed E-state index contributed by atoms with van der Waals surface area (Å²) in [5.41, 5.74) is 3.59. The van der Waals surface area contributed by atoms with Gasteiger partial charge in [-0.15, -0.1) is 0 Å². The van der Waals surface area contributed by atoms with Gasteiger partial charge in [-0.2, -0.15) is 0 Å². The highest BCUT2D eigenvalue weighted by Crippen LogP contribution is 2.35. The molecule has 5 heteroatoms. The zero-order valence-corrected chi connectivity index (χ0v) is 16.0. The largest absolute Gasteiger partial charge is 0.507 e. The highest BCUT2D eigenvalue weighted by molar-refractivity contribution is 6.30. The lowest BCUT2D eigenvalue weighted by atomic mass is 10.1. The molecule has 0 aliphatic rings. The van der Waals surface area contributed by atoms with Crippen LogP contribution in [0.5, 0.6) is 5.75 Å². The molecule has 0 bridgehead atoms. The Kier molecular flexibility index (Phi) is 4.26. The Morgan fingerprint density at radius 3 is 2.45 bits per heavy atom. The molecule has 0 fully saturated rings. The molecule has 5 rings (SSSR count). The van der Waals surface area contributed by atoms with E-state index >= 15 is 0 Å². The molecule has 0 aliphatic heterocycles. The van der Waals surface area contributed by atoms with Crippen molar-refractivity contribution in [2.24, 2.45) is 4.99 Å². The fourth-order valence-electron chi connectivity index (χ4n) is 3.21. The van der Waals surface area contributed by atoms with Gasteiger partial charge in [0.05, 0.1) is 11.3 Å². The van der Waals surface area contributed by atoms with Crippen LogP contribution in [0.3, 0.4) is 0 Å². The number of phenolic OH excluding ortho intramolecular Hbond substituents is 1. The van der Waals surface area contributed by atoms with E-state index in [1.807, 2.05) is 72.8 Å². The molecule has 0 spiro atoms. The van der Waals surface area contributed by atoms with Gasteiger partial charge in [-0.3, -0.25) is 4.99 Å². The van der Waals surface area contributed by atoms with Crippen LogP contribution in [0.4, 0.5) is 5.69 Å². The minimum absolute atomic E-state index is 0.135. The predicted molar refractivity (Wildman–Crippen MR) is 117 cm³/mol. The average Bonchev–Trinajstić information content (AvgIpc) is 3.16. The maximum absolute atomic E-state index is 10.4. The quantitative estimate of drug-likeness (QED) is 0.341. The number of nitrogens with zero attached hydrogens (tertiary/aromatic N) is 2. The van der Waals surface area contributed by atoms with Crippen LogP contribution < -0.4 is 0 Å². The van der Waals surface area contributed by atoms with Crippen LogP contribution in [0.25, 0.3) is 33.3 Å². The van der Waals surface area contributed by atoms with Gasteiger partial charge in [0.2, 0.25) is 5.89 Å². The van der Waals surface area contributed by atoms with E-state index in [-0.39, 0.29) is 5.75 Å². The van der Waals surface area contributed by atoms with Crippen molar-refractivity contribution < 1.29 is 9.52 Å². The number of hydrogen-bond donors (Lipinski definition) is 1. The van der Waals surface area contributed by atoms with Crippen molar-refractivity contribution in [2.75, 3.05) is 0 Å². The lowest BCUT2D eigenvalue weighted by molar-refractivity contribution is 0.475. The number of aliphatic imine (C=N–C) groups is 1. The van der Waals surface area contributed by atoms with Crippen molar-refractivity contribution in [3.8, 4) is 17.2 Å². The van der Waals surface area contributed by atoms with Gasteiger partial charge >= 0.3 is 0 Å². The summed E-state index contributed by atoms with van der Waals surface area (Å²) < 4.78 is 5.88. The molecule has 0 saturated carbocycles. The molecule has 0 saturated heterocycles. The number of oxazole rings is 1. The van der Waals surface area contributed by atoms with Crippen molar-refractivity contribution in [3.63, 3.8) is 0 Å². The first-order valence-electron chi connectivity index (χ1n) is 9.08. The molecule has 1 aromatic heterocycles. The maximum atomic E-state index is 10.4. The van der Waals surface area contributed by atoms with Crippen molar-refractivity contribution in [1.82, 2.24) is 4.98 Å². The van der Waals surface area contributed by atoms with Crippen molar-refractivity contribution in [3.05, 3.63) is 89.4 Å². The molecule has 0 amide bonds. The molecule has 29 heavy (non-hydrogen) atoms. The van der Waals surface area contributed by atoms with Crippen LogP contribution in [-0.4, -0.2) is 16.3 Å². The third-order valence-electron chi connectivity index (χ3n) is 4.70. The van der Waals surface area contributed by atoms with E-state index in [0.717, 1.165) is 22.0 Å². The normalized spacial score (nSPS) is 11.6. The van der Waals surface area contributed by atoms with Gasteiger partial charge in [-0.25, -0.2) is 4.98 Å². The first kappa shape index (κ1) is 17.5. The molecule has 1 heterocycles. The number of aromatic nitrogens is 1. The zero-order valence-electron chi connectivity index (χ0n) is 15.2. The number of phenols is 1. The Balaban J connectivity index is 1.51. The molecule has 1 N–H and O–H groups in total. The molecule has 5 aromatic rings. The number of rotatable bonds is 3. The molecule has 4 aromatic carbocycles. The predicted octanol–water partition coefficient (Wildman–Crippen LogP) is 6.76. The lowest BCUT2D eigenvalue weighted by Crippen LogP contribution is -1.81. The van der Waals surface area contributed by atoms with Gasteiger partial charge in [0.1, 0.15) is 11.3 Å². The first-order valence-corrected chi connectivity index (χ1v) is 9.46. The topological polar surface area (TPSA) is 58.6 Å². The van der Waals surface area contributed by atoms with E-state index in [1.54, 1.807) is 12.3 Å². The highest BCUT2D eigenvalue weighted by Gasteiger charge is 2.13. The standard InChI is InChI=1S/C24H15ClN2O2/c25-18-7-5-15(6-8-18)14-26-19-9-10-23-21(13-19)27-24(29-23)20-11-16-3-1-2-4-17(16)12-22(20)28/h1-14,28H. The molecular weight excluding hydrogens is 384 g/mol. The minimum Gasteiger partial charge on any atom is -0.507 e. The van der Waals surface area contributed by atoms with Crippen LogP contribution in [0, 0.1) is 0 Å². The van der Waals surface area contributed by atoms with E-state index in [9.17, 15) is 5.11 Å². The van der Waals surface area contributed by atoms with Crippen LogP contribution in [0.15, 0.2) is 88.3 Å². The van der Waals surface area contributed by atoms with Crippen LogP contribution in [0.2, 0.25) is 5.02 Å². The fraction of sp³-hybridized carbons (Fsp3) is 0. The molecule has 0 atom stereocenters. The van der Waals surface area contributed by atoms with E-state index in [4.69, 9.17) is 16.0 Å². The summed E-state index contributed by atoms with van der Waals surface area (Å²) in [5, 5.41) is 13.1. The third kappa shape index (κ3) is 3.46. The molecular formula is C24H15ClN2O2. The van der Waals surface area contributed by atoms with E-state index in [2.05, 4.69) is 9.98 Å².